The number of likely N-dealkylation sites (N-methyl/N-ethyl adjacent to an activating group) is 1. The second-order valence-corrected chi connectivity index (χ2v) is 13.1. The summed E-state index contributed by atoms with van der Waals surface area (Å²) in [6.07, 6.45) is 18.6. The van der Waals surface area contributed by atoms with Crippen LogP contribution in [0.4, 0.5) is 0 Å². The van der Waals surface area contributed by atoms with E-state index in [-0.39, 0.29) is 37.0 Å². The first kappa shape index (κ1) is 39.1. The molecule has 0 heterocycles. The van der Waals surface area contributed by atoms with E-state index >= 15 is 0 Å². The predicted octanol–water partition coefficient (Wildman–Crippen LogP) is 7.85. The maximum absolute atomic E-state index is 12.4. The van der Waals surface area contributed by atoms with Gasteiger partial charge in [-0.1, -0.05) is 119 Å². The summed E-state index contributed by atoms with van der Waals surface area (Å²) < 4.78 is 15.7. The van der Waals surface area contributed by atoms with Gasteiger partial charge >= 0.3 is 17.9 Å². The molecule has 0 saturated heterocycles. The Balaban J connectivity index is 3.63. The summed E-state index contributed by atoms with van der Waals surface area (Å²) in [6.45, 7) is 10.2. The van der Waals surface area contributed by atoms with Gasteiger partial charge in [0, 0.05) is 25.0 Å². The van der Waals surface area contributed by atoms with Crippen molar-refractivity contribution in [1.29, 1.82) is 0 Å². The highest BCUT2D eigenvalue weighted by molar-refractivity contribution is 8.76. The van der Waals surface area contributed by atoms with E-state index in [2.05, 4.69) is 13.8 Å². The van der Waals surface area contributed by atoms with Gasteiger partial charge in [0.05, 0.1) is 19.1 Å². The molecule has 0 radical (unpaired) electrons. The molecule has 0 aromatic rings. The number of esters is 3. The van der Waals surface area contributed by atoms with E-state index in [0.29, 0.717) is 32.1 Å². The zero-order valence-corrected chi connectivity index (χ0v) is 27.7. The lowest BCUT2D eigenvalue weighted by atomic mass is 9.98. The lowest BCUT2D eigenvalue weighted by Crippen LogP contribution is -2.34. The SMILES string of the molecule is CCCCCCCCCCCCCCC(CC)C(=O)OCCCSSCCOC(=O)CN(CC)CCOC(C)=O. The number of hydrogen-bond acceptors (Lipinski definition) is 9. The van der Waals surface area contributed by atoms with Crippen molar-refractivity contribution < 1.29 is 28.6 Å². The van der Waals surface area contributed by atoms with E-state index in [1.54, 1.807) is 21.6 Å². The van der Waals surface area contributed by atoms with Crippen LogP contribution in [0.1, 0.15) is 124 Å². The molecular weight excluding hydrogens is 546 g/mol. The van der Waals surface area contributed by atoms with Crippen LogP contribution in [0.15, 0.2) is 0 Å². The molecule has 0 aliphatic heterocycles. The molecule has 0 amide bonds. The molecular formula is C31H59NO6S2. The summed E-state index contributed by atoms with van der Waals surface area (Å²) >= 11 is 0. The molecule has 0 rings (SSSR count). The fourth-order valence-corrected chi connectivity index (χ4v) is 6.22. The number of hydrogen-bond donors (Lipinski definition) is 0. The van der Waals surface area contributed by atoms with E-state index in [0.717, 1.165) is 31.4 Å². The molecule has 0 aliphatic rings. The minimum atomic E-state index is -0.318. The van der Waals surface area contributed by atoms with Gasteiger partial charge in [-0.05, 0) is 25.8 Å². The van der Waals surface area contributed by atoms with Crippen LogP contribution in [0, 0.1) is 5.92 Å². The zero-order valence-electron chi connectivity index (χ0n) is 26.1. The average Bonchev–Trinajstić information content (AvgIpc) is 2.93. The first-order valence-electron chi connectivity index (χ1n) is 15.9. The molecule has 0 spiro atoms. The van der Waals surface area contributed by atoms with Crippen molar-refractivity contribution in [3.05, 3.63) is 0 Å². The molecule has 40 heavy (non-hydrogen) atoms. The van der Waals surface area contributed by atoms with Crippen molar-refractivity contribution in [3.8, 4) is 0 Å². The minimum Gasteiger partial charge on any atom is -0.465 e. The second kappa shape index (κ2) is 29.6. The Morgan fingerprint density at radius 2 is 1.27 bits per heavy atom. The summed E-state index contributed by atoms with van der Waals surface area (Å²) in [6, 6.07) is 0. The van der Waals surface area contributed by atoms with E-state index in [9.17, 15) is 14.4 Å². The molecule has 0 aromatic heterocycles. The van der Waals surface area contributed by atoms with Crippen LogP contribution in [0.5, 0.6) is 0 Å². The third-order valence-electron chi connectivity index (χ3n) is 6.87. The Labute approximate surface area is 253 Å². The Kier molecular flexibility index (Phi) is 28.9. The quantitative estimate of drug-likeness (QED) is 0.0366. The van der Waals surface area contributed by atoms with E-state index in [1.807, 2.05) is 11.8 Å². The average molecular weight is 606 g/mol. The lowest BCUT2D eigenvalue weighted by molar-refractivity contribution is -0.149. The van der Waals surface area contributed by atoms with Gasteiger partial charge in [-0.2, -0.15) is 0 Å². The van der Waals surface area contributed by atoms with Crippen LogP contribution in [-0.4, -0.2) is 73.8 Å². The molecule has 9 heteroatoms. The van der Waals surface area contributed by atoms with Gasteiger partial charge in [0.2, 0.25) is 0 Å². The van der Waals surface area contributed by atoms with E-state index in [1.165, 1.54) is 77.6 Å². The molecule has 0 aliphatic carbocycles. The molecule has 1 unspecified atom stereocenters. The maximum atomic E-state index is 12.4. The topological polar surface area (TPSA) is 82.1 Å². The van der Waals surface area contributed by atoms with Crippen molar-refractivity contribution >= 4 is 39.5 Å². The third-order valence-corrected chi connectivity index (χ3v) is 9.33. The largest absolute Gasteiger partial charge is 0.465 e. The molecule has 0 aromatic carbocycles. The lowest BCUT2D eigenvalue weighted by Gasteiger charge is -2.18. The number of carbonyl (C=O) groups excluding carboxylic acids is 3. The Morgan fingerprint density at radius 1 is 0.675 bits per heavy atom. The molecule has 0 saturated carbocycles. The van der Waals surface area contributed by atoms with Crippen LogP contribution in [0.25, 0.3) is 0 Å². The number of nitrogens with zero attached hydrogens (tertiary/aromatic N) is 1. The number of carbonyl (C=O) groups is 3. The fraction of sp³-hybridized carbons (Fsp3) is 0.903. The van der Waals surface area contributed by atoms with E-state index in [4.69, 9.17) is 14.2 Å². The van der Waals surface area contributed by atoms with Gasteiger partial charge in [0.15, 0.2) is 0 Å². The summed E-state index contributed by atoms with van der Waals surface area (Å²) in [7, 11) is 3.37. The zero-order chi connectivity index (χ0) is 29.7. The first-order valence-corrected chi connectivity index (χ1v) is 18.4. The molecule has 236 valence electrons. The second-order valence-electron chi connectivity index (χ2n) is 10.4. The van der Waals surface area contributed by atoms with E-state index < -0.39 is 0 Å². The van der Waals surface area contributed by atoms with Gasteiger partial charge in [-0.25, -0.2) is 0 Å². The first-order chi connectivity index (χ1) is 19.4. The van der Waals surface area contributed by atoms with Crippen molar-refractivity contribution in [3.63, 3.8) is 0 Å². The molecule has 0 fully saturated rings. The van der Waals surface area contributed by atoms with Crippen molar-refractivity contribution in [2.45, 2.75) is 124 Å². The standard InChI is InChI=1S/C31H59NO6S2/c1-5-8-9-10-11-12-13-14-15-16-17-18-20-29(6-2)31(35)38-22-19-25-39-40-26-24-37-30(34)27-32(7-3)21-23-36-28(4)33/h29H,5-27H2,1-4H3. The summed E-state index contributed by atoms with van der Waals surface area (Å²) in [5, 5.41) is 0. The van der Waals surface area contributed by atoms with Crippen LogP contribution >= 0.6 is 21.6 Å². The van der Waals surface area contributed by atoms with Crippen LogP contribution in [0.3, 0.4) is 0 Å². The fourth-order valence-electron chi connectivity index (χ4n) is 4.33. The number of rotatable bonds is 29. The highest BCUT2D eigenvalue weighted by Gasteiger charge is 2.17. The number of unbranched alkanes of at least 4 members (excludes halogenated alkanes) is 11. The molecule has 0 bridgehead atoms. The van der Waals surface area contributed by atoms with Crippen molar-refractivity contribution in [2.75, 3.05) is 51.0 Å². The minimum absolute atomic E-state index is 0.0325. The van der Waals surface area contributed by atoms with Gasteiger partial charge < -0.3 is 14.2 Å². The third kappa shape index (κ3) is 26.0. The molecule has 7 nitrogen and oxygen atoms in total. The highest BCUT2D eigenvalue weighted by atomic mass is 33.1. The van der Waals surface area contributed by atoms with Gasteiger partial charge in [-0.3, -0.25) is 19.3 Å². The molecule has 0 N–H and O–H groups in total. The predicted molar refractivity (Wildman–Crippen MR) is 170 cm³/mol. The Bertz CT molecular complexity index is 623. The monoisotopic (exact) mass is 605 g/mol. The Morgan fingerprint density at radius 3 is 1.85 bits per heavy atom. The summed E-state index contributed by atoms with van der Waals surface area (Å²) in [5.41, 5.74) is 0. The van der Waals surface area contributed by atoms with Gasteiger partial charge in [0.25, 0.3) is 0 Å². The summed E-state index contributed by atoms with van der Waals surface area (Å²) in [4.78, 5) is 37.1. The number of ether oxygens (including phenoxy) is 3. The summed E-state index contributed by atoms with van der Waals surface area (Å²) in [5.74, 6) is 1.01. The molecule has 1 atom stereocenters. The normalized spacial score (nSPS) is 11.9. The van der Waals surface area contributed by atoms with Gasteiger partial charge in [-0.15, -0.1) is 0 Å². The van der Waals surface area contributed by atoms with Crippen LogP contribution in [0.2, 0.25) is 0 Å². The van der Waals surface area contributed by atoms with Crippen molar-refractivity contribution in [2.24, 2.45) is 5.92 Å². The Hall–Kier alpha value is -0.930. The van der Waals surface area contributed by atoms with Gasteiger partial charge in [0.1, 0.15) is 13.2 Å². The van der Waals surface area contributed by atoms with Crippen molar-refractivity contribution in [1.82, 2.24) is 4.90 Å². The van der Waals surface area contributed by atoms with Crippen LogP contribution < -0.4 is 0 Å². The smallest absolute Gasteiger partial charge is 0.320 e. The maximum Gasteiger partial charge on any atom is 0.320 e. The van der Waals surface area contributed by atoms with Crippen LogP contribution in [-0.2, 0) is 28.6 Å². The highest BCUT2D eigenvalue weighted by Crippen LogP contribution is 2.22.